The maximum absolute atomic E-state index is 12.8. The van der Waals surface area contributed by atoms with E-state index in [1.54, 1.807) is 0 Å². The number of hydrogen-bond acceptors (Lipinski definition) is 4. The lowest BCUT2D eigenvalue weighted by Crippen LogP contribution is -2.15. The largest absolute Gasteiger partial charge is 0.416 e. The predicted molar refractivity (Wildman–Crippen MR) is 106 cm³/mol. The van der Waals surface area contributed by atoms with E-state index in [4.69, 9.17) is 11.6 Å². The molecule has 0 unspecified atom stereocenters. The average Bonchev–Trinajstić information content (AvgIpc) is 3.29. The van der Waals surface area contributed by atoms with Crippen LogP contribution in [-0.2, 0) is 17.4 Å². The van der Waals surface area contributed by atoms with E-state index < -0.39 is 17.6 Å². The highest BCUT2D eigenvalue weighted by Gasteiger charge is 2.31. The van der Waals surface area contributed by atoms with Gasteiger partial charge in [0.1, 0.15) is 5.01 Å². The Labute approximate surface area is 171 Å². The van der Waals surface area contributed by atoms with Gasteiger partial charge in [0.25, 0.3) is 0 Å². The second-order valence-electron chi connectivity index (χ2n) is 6.19. The number of nitrogens with zero attached hydrogens (tertiary/aromatic N) is 2. The van der Waals surface area contributed by atoms with E-state index >= 15 is 0 Å². The molecule has 0 fully saturated rings. The van der Waals surface area contributed by atoms with E-state index in [-0.39, 0.29) is 17.1 Å². The number of carbonyl (C=O) groups excluding carboxylic acids is 1. The number of hydrogen-bond donors (Lipinski definition) is 2. The number of amides is 1. The van der Waals surface area contributed by atoms with Gasteiger partial charge in [-0.1, -0.05) is 41.1 Å². The van der Waals surface area contributed by atoms with Crippen LogP contribution in [-0.4, -0.2) is 21.1 Å². The Balaban J connectivity index is 1.48. The summed E-state index contributed by atoms with van der Waals surface area (Å²) in [6.07, 6.45) is -4.66. The zero-order valence-corrected chi connectivity index (χ0v) is 16.1. The van der Waals surface area contributed by atoms with Crippen LogP contribution in [0.3, 0.4) is 0 Å². The van der Waals surface area contributed by atoms with Crippen LogP contribution < -0.4 is 5.32 Å². The smallest absolute Gasteiger partial charge is 0.353 e. The van der Waals surface area contributed by atoms with Crippen molar-refractivity contribution in [3.8, 4) is 10.7 Å². The molecule has 2 heterocycles. The Kier molecular flexibility index (Phi) is 5.01. The summed E-state index contributed by atoms with van der Waals surface area (Å²) in [4.78, 5) is 15.5. The number of fused-ring (bicyclic) bond motifs is 1. The number of aromatic amines is 1. The summed E-state index contributed by atoms with van der Waals surface area (Å²) in [5.41, 5.74) is 0.730. The molecule has 10 heteroatoms. The van der Waals surface area contributed by atoms with Crippen molar-refractivity contribution in [2.45, 2.75) is 12.6 Å². The first-order chi connectivity index (χ1) is 13.8. The van der Waals surface area contributed by atoms with Gasteiger partial charge in [-0.2, -0.15) is 13.2 Å². The second-order valence-corrected chi connectivity index (χ2v) is 7.66. The van der Waals surface area contributed by atoms with Gasteiger partial charge in [-0.3, -0.25) is 4.79 Å². The van der Waals surface area contributed by atoms with Gasteiger partial charge >= 0.3 is 6.18 Å². The number of anilines is 1. The Hall–Kier alpha value is -2.91. The molecule has 2 aromatic heterocycles. The number of para-hydroxylation sites is 1. The van der Waals surface area contributed by atoms with Crippen LogP contribution in [0.1, 0.15) is 10.6 Å². The summed E-state index contributed by atoms with van der Waals surface area (Å²) in [6.45, 7) is 0. The number of rotatable bonds is 4. The lowest BCUT2D eigenvalue weighted by Gasteiger charge is -2.11. The lowest BCUT2D eigenvalue weighted by atomic mass is 10.2. The van der Waals surface area contributed by atoms with E-state index in [0.29, 0.717) is 10.0 Å². The fourth-order valence-corrected chi connectivity index (χ4v) is 3.73. The van der Waals surface area contributed by atoms with Gasteiger partial charge in [0.05, 0.1) is 28.4 Å². The molecule has 29 heavy (non-hydrogen) atoms. The second kappa shape index (κ2) is 7.49. The molecule has 148 valence electrons. The maximum Gasteiger partial charge on any atom is 0.416 e. The molecule has 0 aliphatic rings. The van der Waals surface area contributed by atoms with Crippen molar-refractivity contribution in [2.75, 3.05) is 5.32 Å². The first kappa shape index (κ1) is 19.4. The zero-order chi connectivity index (χ0) is 20.6. The molecular formula is C19H12ClF3N4OS. The third kappa shape index (κ3) is 4.25. The van der Waals surface area contributed by atoms with Gasteiger partial charge < -0.3 is 10.3 Å². The van der Waals surface area contributed by atoms with Gasteiger partial charge in [-0.25, -0.2) is 0 Å². The Morgan fingerprint density at radius 1 is 1.14 bits per heavy atom. The van der Waals surface area contributed by atoms with Crippen LogP contribution >= 0.6 is 22.9 Å². The fourth-order valence-electron chi connectivity index (χ4n) is 2.75. The third-order valence-electron chi connectivity index (χ3n) is 4.11. The van der Waals surface area contributed by atoms with E-state index in [2.05, 4.69) is 20.5 Å². The molecule has 0 saturated carbocycles. The number of carbonyl (C=O) groups is 1. The van der Waals surface area contributed by atoms with Crippen LogP contribution in [0.4, 0.5) is 18.9 Å². The summed E-state index contributed by atoms with van der Waals surface area (Å²) >= 11 is 7.13. The molecular weight excluding hydrogens is 425 g/mol. The van der Waals surface area contributed by atoms with Crippen LogP contribution in [0, 0.1) is 0 Å². The predicted octanol–water partition coefficient (Wildman–Crippen LogP) is 5.54. The van der Waals surface area contributed by atoms with Crippen molar-refractivity contribution in [1.82, 2.24) is 15.2 Å². The molecule has 0 saturated heterocycles. The maximum atomic E-state index is 12.8. The van der Waals surface area contributed by atoms with E-state index in [0.717, 1.165) is 34.8 Å². The SMILES string of the molecule is O=C(Cc1nnc(-c2cc3ccccc3[nH]2)s1)Nc1cc(C(F)(F)F)ccc1Cl. The Morgan fingerprint density at radius 3 is 2.69 bits per heavy atom. The van der Waals surface area contributed by atoms with Crippen LogP contribution in [0.2, 0.25) is 5.02 Å². The number of halogens is 4. The van der Waals surface area contributed by atoms with Crippen molar-refractivity contribution in [1.29, 1.82) is 0 Å². The molecule has 4 rings (SSSR count). The van der Waals surface area contributed by atoms with Crippen LogP contribution in [0.5, 0.6) is 0 Å². The standard InChI is InChI=1S/C19H12ClF3N4OS/c20-12-6-5-11(19(21,22)23)8-14(12)25-16(28)9-17-26-27-18(29-17)15-7-10-3-1-2-4-13(10)24-15/h1-8,24H,9H2,(H,25,28). The molecule has 0 spiro atoms. The van der Waals surface area contributed by atoms with E-state index in [9.17, 15) is 18.0 Å². The molecule has 0 atom stereocenters. The van der Waals surface area contributed by atoms with Gasteiger partial charge in [0.2, 0.25) is 5.91 Å². The summed E-state index contributed by atoms with van der Waals surface area (Å²) in [5.74, 6) is -0.537. The van der Waals surface area contributed by atoms with Crippen molar-refractivity contribution in [3.05, 3.63) is 64.1 Å². The first-order valence-corrected chi connectivity index (χ1v) is 9.56. The number of H-pyrrole nitrogens is 1. The number of alkyl halides is 3. The van der Waals surface area contributed by atoms with Crippen molar-refractivity contribution < 1.29 is 18.0 Å². The highest BCUT2D eigenvalue weighted by molar-refractivity contribution is 7.14. The summed E-state index contributed by atoms with van der Waals surface area (Å²) in [5, 5.41) is 12.6. The molecule has 0 bridgehead atoms. The van der Waals surface area contributed by atoms with E-state index in [1.807, 2.05) is 30.3 Å². The molecule has 5 nitrogen and oxygen atoms in total. The Bertz CT molecular complexity index is 1170. The quantitative estimate of drug-likeness (QED) is 0.441. The first-order valence-electron chi connectivity index (χ1n) is 8.37. The van der Waals surface area contributed by atoms with Gasteiger partial charge in [-0.05, 0) is 30.3 Å². The van der Waals surface area contributed by atoms with Gasteiger partial charge in [0.15, 0.2) is 5.01 Å². The third-order valence-corrected chi connectivity index (χ3v) is 5.39. The van der Waals surface area contributed by atoms with E-state index in [1.165, 1.54) is 11.3 Å². The topological polar surface area (TPSA) is 70.7 Å². The van der Waals surface area contributed by atoms with Crippen molar-refractivity contribution in [3.63, 3.8) is 0 Å². The highest BCUT2D eigenvalue weighted by atomic mass is 35.5. The molecule has 0 aliphatic heterocycles. The molecule has 1 amide bonds. The van der Waals surface area contributed by atoms with Gasteiger partial charge in [0, 0.05) is 10.9 Å². The average molecular weight is 437 g/mol. The molecule has 0 aliphatic carbocycles. The molecule has 2 aromatic carbocycles. The van der Waals surface area contributed by atoms with Crippen molar-refractivity contribution >= 4 is 45.4 Å². The number of benzene rings is 2. The normalized spacial score (nSPS) is 11.7. The van der Waals surface area contributed by atoms with Gasteiger partial charge in [-0.15, -0.1) is 10.2 Å². The summed E-state index contributed by atoms with van der Waals surface area (Å²) in [6, 6.07) is 12.4. The summed E-state index contributed by atoms with van der Waals surface area (Å²) < 4.78 is 38.5. The highest BCUT2D eigenvalue weighted by Crippen LogP contribution is 2.34. The number of nitrogens with one attached hydrogen (secondary N) is 2. The molecule has 2 N–H and O–H groups in total. The zero-order valence-electron chi connectivity index (χ0n) is 14.5. The molecule has 0 radical (unpaired) electrons. The fraction of sp³-hybridized carbons (Fsp3) is 0.105. The summed E-state index contributed by atoms with van der Waals surface area (Å²) in [7, 11) is 0. The minimum atomic E-state index is -4.53. The Morgan fingerprint density at radius 2 is 1.93 bits per heavy atom. The minimum Gasteiger partial charge on any atom is -0.353 e. The van der Waals surface area contributed by atoms with Crippen molar-refractivity contribution in [2.24, 2.45) is 0 Å². The molecule has 4 aromatic rings. The number of aromatic nitrogens is 3. The lowest BCUT2D eigenvalue weighted by molar-refractivity contribution is -0.137. The monoisotopic (exact) mass is 436 g/mol. The van der Waals surface area contributed by atoms with Crippen LogP contribution in [0.25, 0.3) is 21.6 Å². The minimum absolute atomic E-state index is 0.0161. The van der Waals surface area contributed by atoms with Crippen LogP contribution in [0.15, 0.2) is 48.5 Å².